The van der Waals surface area contributed by atoms with Gasteiger partial charge in [-0.05, 0) is 31.6 Å². The van der Waals surface area contributed by atoms with Crippen molar-refractivity contribution in [3.05, 3.63) is 0 Å². The minimum absolute atomic E-state index is 0.402. The molecule has 2 fully saturated rings. The molecule has 1 aliphatic carbocycles. The number of hydrogen-bond donors (Lipinski definition) is 1. The maximum Gasteiger partial charge on any atom is 0.0469 e. The predicted molar refractivity (Wildman–Crippen MR) is 66.2 cm³/mol. The highest BCUT2D eigenvalue weighted by Crippen LogP contribution is 2.31. The molecular weight excluding hydrogens is 206 g/mol. The Labute approximate surface area is 97.3 Å². The van der Waals surface area contributed by atoms with E-state index in [9.17, 15) is 0 Å². The van der Waals surface area contributed by atoms with E-state index in [1.807, 2.05) is 0 Å². The van der Waals surface area contributed by atoms with Crippen molar-refractivity contribution in [2.45, 2.75) is 49.8 Å². The van der Waals surface area contributed by atoms with Crippen molar-refractivity contribution >= 4 is 11.8 Å². The van der Waals surface area contributed by atoms with E-state index < -0.39 is 0 Å². The fourth-order valence-corrected chi connectivity index (χ4v) is 4.02. The second-order valence-corrected chi connectivity index (χ2v) is 6.19. The molecule has 0 amide bonds. The van der Waals surface area contributed by atoms with Crippen LogP contribution in [0.3, 0.4) is 0 Å². The molecule has 3 heteroatoms. The lowest BCUT2D eigenvalue weighted by molar-refractivity contribution is 0.0607. The molecule has 2 aliphatic rings. The van der Waals surface area contributed by atoms with E-state index in [1.165, 1.54) is 38.5 Å². The summed E-state index contributed by atoms with van der Waals surface area (Å²) in [7, 11) is 0. The molecule has 1 aliphatic heterocycles. The Morgan fingerprint density at radius 1 is 1.13 bits per heavy atom. The van der Waals surface area contributed by atoms with Gasteiger partial charge in [0.1, 0.15) is 0 Å². The van der Waals surface area contributed by atoms with Crippen LogP contribution in [0, 0.1) is 5.92 Å². The molecule has 0 aromatic heterocycles. The Morgan fingerprint density at radius 2 is 1.80 bits per heavy atom. The zero-order valence-corrected chi connectivity index (χ0v) is 10.3. The highest BCUT2D eigenvalue weighted by atomic mass is 32.2. The van der Waals surface area contributed by atoms with Gasteiger partial charge in [-0.3, -0.25) is 0 Å². The largest absolute Gasteiger partial charge is 0.381 e. The van der Waals surface area contributed by atoms with E-state index >= 15 is 0 Å². The molecule has 1 unspecified atom stereocenters. The molecule has 2 rings (SSSR count). The van der Waals surface area contributed by atoms with Crippen LogP contribution >= 0.6 is 11.8 Å². The number of hydrogen-bond acceptors (Lipinski definition) is 3. The summed E-state index contributed by atoms with van der Waals surface area (Å²) in [6.45, 7) is 1.85. The van der Waals surface area contributed by atoms with Crippen LogP contribution in [0.25, 0.3) is 0 Å². The Kier molecular flexibility index (Phi) is 4.79. The molecule has 2 nitrogen and oxygen atoms in total. The van der Waals surface area contributed by atoms with Gasteiger partial charge in [0, 0.05) is 30.3 Å². The Balaban J connectivity index is 1.64. The first-order chi connectivity index (χ1) is 7.36. The summed E-state index contributed by atoms with van der Waals surface area (Å²) in [6.07, 6.45) is 8.06. The third kappa shape index (κ3) is 3.65. The molecule has 0 aromatic carbocycles. The highest BCUT2D eigenvalue weighted by molar-refractivity contribution is 7.99. The molecule has 15 heavy (non-hydrogen) atoms. The SMILES string of the molecule is NC(CSC1CCCC1)C1CCOCC1. The van der Waals surface area contributed by atoms with Crippen LogP contribution in [0.1, 0.15) is 38.5 Å². The van der Waals surface area contributed by atoms with E-state index in [1.54, 1.807) is 0 Å². The summed E-state index contributed by atoms with van der Waals surface area (Å²) in [5, 5.41) is 0.913. The summed E-state index contributed by atoms with van der Waals surface area (Å²) in [5.41, 5.74) is 6.25. The predicted octanol–water partition coefficient (Wildman–Crippen LogP) is 2.42. The fourth-order valence-electron chi connectivity index (χ4n) is 2.58. The second kappa shape index (κ2) is 6.12. The van der Waals surface area contributed by atoms with E-state index in [-0.39, 0.29) is 0 Å². The molecule has 1 saturated carbocycles. The maximum absolute atomic E-state index is 6.25. The van der Waals surface area contributed by atoms with Crippen molar-refractivity contribution in [3.63, 3.8) is 0 Å². The van der Waals surface area contributed by atoms with Crippen molar-refractivity contribution in [3.8, 4) is 0 Å². The molecule has 0 bridgehead atoms. The Bertz CT molecular complexity index is 176. The summed E-state index contributed by atoms with van der Waals surface area (Å²) in [6, 6.07) is 0.402. The van der Waals surface area contributed by atoms with Gasteiger partial charge in [-0.2, -0.15) is 11.8 Å². The lowest BCUT2D eigenvalue weighted by Gasteiger charge is -2.28. The van der Waals surface area contributed by atoms with Crippen LogP contribution in [-0.4, -0.2) is 30.3 Å². The monoisotopic (exact) mass is 229 g/mol. The Hall–Kier alpha value is 0.270. The van der Waals surface area contributed by atoms with Crippen LogP contribution in [0.2, 0.25) is 0 Å². The van der Waals surface area contributed by atoms with Crippen LogP contribution in [0.4, 0.5) is 0 Å². The van der Waals surface area contributed by atoms with Gasteiger partial charge in [0.05, 0.1) is 0 Å². The van der Waals surface area contributed by atoms with E-state index in [2.05, 4.69) is 11.8 Å². The maximum atomic E-state index is 6.25. The van der Waals surface area contributed by atoms with Crippen molar-refractivity contribution in [2.24, 2.45) is 11.7 Å². The minimum atomic E-state index is 0.402. The molecule has 1 atom stereocenters. The first-order valence-electron chi connectivity index (χ1n) is 6.31. The van der Waals surface area contributed by atoms with Gasteiger partial charge in [-0.25, -0.2) is 0 Å². The molecule has 2 N–H and O–H groups in total. The van der Waals surface area contributed by atoms with E-state index in [0.29, 0.717) is 12.0 Å². The molecule has 0 aromatic rings. The van der Waals surface area contributed by atoms with Crippen LogP contribution in [0.5, 0.6) is 0 Å². The summed E-state index contributed by atoms with van der Waals surface area (Å²) in [5.74, 6) is 1.88. The van der Waals surface area contributed by atoms with Crippen molar-refractivity contribution in [1.29, 1.82) is 0 Å². The fraction of sp³-hybridized carbons (Fsp3) is 1.00. The van der Waals surface area contributed by atoms with Gasteiger partial charge in [-0.1, -0.05) is 12.8 Å². The topological polar surface area (TPSA) is 35.2 Å². The minimum Gasteiger partial charge on any atom is -0.381 e. The lowest BCUT2D eigenvalue weighted by Crippen LogP contribution is -2.36. The summed E-state index contributed by atoms with van der Waals surface area (Å²) < 4.78 is 5.37. The Morgan fingerprint density at radius 3 is 2.47 bits per heavy atom. The third-order valence-corrected chi connectivity index (χ3v) is 5.22. The van der Waals surface area contributed by atoms with Gasteiger partial charge in [-0.15, -0.1) is 0 Å². The van der Waals surface area contributed by atoms with Crippen molar-refractivity contribution in [1.82, 2.24) is 0 Å². The van der Waals surface area contributed by atoms with Crippen molar-refractivity contribution in [2.75, 3.05) is 19.0 Å². The average molecular weight is 229 g/mol. The molecule has 0 radical (unpaired) electrons. The van der Waals surface area contributed by atoms with Gasteiger partial charge in [0.2, 0.25) is 0 Å². The number of ether oxygens (including phenoxy) is 1. The number of nitrogens with two attached hydrogens (primary N) is 1. The molecular formula is C12H23NOS. The van der Waals surface area contributed by atoms with Gasteiger partial charge in [0.15, 0.2) is 0 Å². The quantitative estimate of drug-likeness (QED) is 0.804. The molecule has 0 spiro atoms. The van der Waals surface area contributed by atoms with Gasteiger partial charge >= 0.3 is 0 Å². The molecule has 88 valence electrons. The first kappa shape index (κ1) is 11.7. The highest BCUT2D eigenvalue weighted by Gasteiger charge is 2.23. The number of rotatable bonds is 4. The normalized spacial score (nSPS) is 27.0. The standard InChI is InChI=1S/C12H23NOS/c13-12(10-5-7-14-8-6-10)9-15-11-3-1-2-4-11/h10-12H,1-9,13H2. The van der Waals surface area contributed by atoms with Crippen LogP contribution in [-0.2, 0) is 4.74 Å². The van der Waals surface area contributed by atoms with Crippen LogP contribution < -0.4 is 5.73 Å². The van der Waals surface area contributed by atoms with Crippen molar-refractivity contribution < 1.29 is 4.74 Å². The molecule has 1 heterocycles. The smallest absolute Gasteiger partial charge is 0.0469 e. The van der Waals surface area contributed by atoms with Gasteiger partial charge < -0.3 is 10.5 Å². The molecule has 1 saturated heterocycles. The van der Waals surface area contributed by atoms with Gasteiger partial charge in [0.25, 0.3) is 0 Å². The second-order valence-electron chi connectivity index (χ2n) is 4.85. The third-order valence-electron chi connectivity index (χ3n) is 3.70. The summed E-state index contributed by atoms with van der Waals surface area (Å²) >= 11 is 2.12. The van der Waals surface area contributed by atoms with E-state index in [4.69, 9.17) is 10.5 Å². The number of thioether (sulfide) groups is 1. The van der Waals surface area contributed by atoms with E-state index in [0.717, 1.165) is 24.2 Å². The lowest BCUT2D eigenvalue weighted by atomic mass is 9.94. The zero-order chi connectivity index (χ0) is 10.5. The zero-order valence-electron chi connectivity index (χ0n) is 9.49. The average Bonchev–Trinajstić information content (AvgIpc) is 2.80. The van der Waals surface area contributed by atoms with Crippen LogP contribution in [0.15, 0.2) is 0 Å². The summed E-state index contributed by atoms with van der Waals surface area (Å²) in [4.78, 5) is 0. The first-order valence-corrected chi connectivity index (χ1v) is 7.36.